The van der Waals surface area contributed by atoms with Crippen LogP contribution in [0, 0.1) is 11.8 Å². The number of likely N-dealkylation sites (tertiary alicyclic amines) is 1. The second-order valence-electron chi connectivity index (χ2n) is 16.9. The zero-order valence-corrected chi connectivity index (χ0v) is 36.9. The number of carbonyl (C=O) groups is 4. The Bertz CT molecular complexity index is 2680. The van der Waals surface area contributed by atoms with E-state index in [0.717, 1.165) is 68.3 Å². The van der Waals surface area contributed by atoms with Crippen molar-refractivity contribution in [1.29, 1.82) is 0 Å². The van der Waals surface area contributed by atoms with Crippen LogP contribution in [0.2, 0.25) is 0 Å². The summed E-state index contributed by atoms with van der Waals surface area (Å²) in [6.07, 6.45) is 1.94. The number of ether oxygens (including phenoxy) is 4. The van der Waals surface area contributed by atoms with Crippen LogP contribution in [0.25, 0.3) is 44.2 Å². The van der Waals surface area contributed by atoms with Gasteiger partial charge < -0.3 is 49.3 Å². The van der Waals surface area contributed by atoms with E-state index in [2.05, 4.69) is 55.9 Å². The van der Waals surface area contributed by atoms with E-state index in [4.69, 9.17) is 23.9 Å². The average molecular weight is 871 g/mol. The fraction of sp³-hybridized carbons (Fsp3) is 0.375. The lowest BCUT2D eigenvalue weighted by Gasteiger charge is -2.30. The smallest absolute Gasteiger partial charge is 0.407 e. The van der Waals surface area contributed by atoms with Gasteiger partial charge in [0.05, 0.1) is 56.3 Å². The highest BCUT2D eigenvalue weighted by Crippen LogP contribution is 2.43. The number of carbonyl (C=O) groups excluding carboxylic acids is 4. The molecule has 1 fully saturated rings. The molecule has 0 radical (unpaired) electrons. The van der Waals surface area contributed by atoms with E-state index in [0.29, 0.717) is 43.5 Å². The van der Waals surface area contributed by atoms with Crippen LogP contribution in [0.3, 0.4) is 0 Å². The summed E-state index contributed by atoms with van der Waals surface area (Å²) in [5, 5.41) is 7.35. The third-order valence-corrected chi connectivity index (χ3v) is 12.0. The summed E-state index contributed by atoms with van der Waals surface area (Å²) in [4.78, 5) is 72.7. The minimum Gasteiger partial charge on any atom is -0.488 e. The molecule has 64 heavy (non-hydrogen) atoms. The lowest BCUT2D eigenvalue weighted by atomic mass is 9.92. The second-order valence-corrected chi connectivity index (χ2v) is 16.9. The number of hydrogen-bond donors (Lipinski definition) is 4. The van der Waals surface area contributed by atoms with Crippen molar-refractivity contribution in [3.63, 3.8) is 0 Å². The van der Waals surface area contributed by atoms with E-state index in [9.17, 15) is 19.2 Å². The number of aromatic nitrogens is 4. The zero-order chi connectivity index (χ0) is 45.1. The molecule has 4 aromatic carbocycles. The van der Waals surface area contributed by atoms with Gasteiger partial charge in [-0.15, -0.1) is 0 Å². The first-order valence-corrected chi connectivity index (χ1v) is 21.5. The number of nitrogens with one attached hydrogen (secondary N) is 4. The maximum atomic E-state index is 14.1. The van der Waals surface area contributed by atoms with E-state index >= 15 is 0 Å². The molecule has 0 aliphatic carbocycles. The van der Waals surface area contributed by atoms with Crippen LogP contribution in [0.15, 0.2) is 79.0 Å². The van der Waals surface area contributed by atoms with Crippen LogP contribution in [0.5, 0.6) is 5.75 Å². The third kappa shape index (κ3) is 8.95. The molecule has 2 aliphatic heterocycles. The number of H-pyrrole nitrogens is 2. The number of fused-ring (bicyclic) bond motifs is 6. The molecule has 2 aromatic heterocycles. The summed E-state index contributed by atoms with van der Waals surface area (Å²) in [5.41, 5.74) is 7.07. The number of nitrogens with zero attached hydrogens (tertiary/aromatic N) is 4. The topological polar surface area (TPSA) is 193 Å². The van der Waals surface area contributed by atoms with Gasteiger partial charge in [0.2, 0.25) is 5.91 Å². The Kier molecular flexibility index (Phi) is 12.8. The Morgan fingerprint density at radius 1 is 0.922 bits per heavy atom. The predicted molar refractivity (Wildman–Crippen MR) is 240 cm³/mol. The van der Waals surface area contributed by atoms with E-state index in [1.54, 1.807) is 23.1 Å². The number of aromatic amines is 2. The molecule has 334 valence electrons. The van der Waals surface area contributed by atoms with Crippen molar-refractivity contribution in [2.75, 3.05) is 41.0 Å². The lowest BCUT2D eigenvalue weighted by molar-refractivity contribution is -0.136. The van der Waals surface area contributed by atoms with E-state index < -0.39 is 24.3 Å². The van der Waals surface area contributed by atoms with Gasteiger partial charge in [0.25, 0.3) is 5.91 Å². The molecule has 4 N–H and O–H groups in total. The Balaban J connectivity index is 1.03. The highest BCUT2D eigenvalue weighted by atomic mass is 16.5. The van der Waals surface area contributed by atoms with E-state index in [1.165, 1.54) is 14.2 Å². The molecule has 1 saturated heterocycles. The van der Waals surface area contributed by atoms with Gasteiger partial charge in [-0.25, -0.2) is 19.6 Å². The van der Waals surface area contributed by atoms with Gasteiger partial charge in [-0.05, 0) is 76.6 Å². The van der Waals surface area contributed by atoms with Gasteiger partial charge in [-0.2, -0.15) is 0 Å². The first kappa shape index (κ1) is 43.7. The summed E-state index contributed by atoms with van der Waals surface area (Å²) in [7, 11) is 4.18. The van der Waals surface area contributed by atoms with Gasteiger partial charge in [0, 0.05) is 31.1 Å². The van der Waals surface area contributed by atoms with Crippen LogP contribution in [0.4, 0.5) is 9.59 Å². The van der Waals surface area contributed by atoms with Crippen LogP contribution in [-0.4, -0.2) is 101 Å². The van der Waals surface area contributed by atoms with Crippen molar-refractivity contribution >= 4 is 45.8 Å². The predicted octanol–water partition coefficient (Wildman–Crippen LogP) is 7.42. The summed E-state index contributed by atoms with van der Waals surface area (Å²) in [5.74, 6) is 1.44. The lowest BCUT2D eigenvalue weighted by Crippen LogP contribution is -2.52. The molecule has 2 aliphatic rings. The molecule has 8 rings (SSSR count). The Morgan fingerprint density at radius 2 is 1.70 bits per heavy atom. The standard InChI is InChI=1S/C48H54N8O8/c1-27(2)41(53-47(59)62-5)45(57)55(23-28(3)25-61-4)24-40-49-22-37(50-40)31-14-16-33-32(19-31)26-64-39-21-34-30(20-35(33)39)15-17-36-43(34)52-44(51-36)38-13-10-18-56(38)46(58)42(54-48(60)63-6)29-11-8-7-9-12-29/h7-9,11-12,14-17,19-22,27-28,38,41-42H,10,13,18,23-26H2,1-6H3,(H,49,50)(H,51,52)(H,53,59)(H,54,60)/t28-,38-,41-,42+/m0/s1. The van der Waals surface area contributed by atoms with Crippen LogP contribution < -0.4 is 15.4 Å². The second kappa shape index (κ2) is 18.8. The first-order valence-electron chi connectivity index (χ1n) is 21.5. The van der Waals surface area contributed by atoms with Crippen molar-refractivity contribution < 1.29 is 38.1 Å². The third-order valence-electron chi connectivity index (χ3n) is 12.0. The molecular weight excluding hydrogens is 817 g/mol. The molecule has 16 heteroatoms. The maximum Gasteiger partial charge on any atom is 0.407 e. The molecule has 16 nitrogen and oxygen atoms in total. The number of rotatable bonds is 14. The Hall–Kier alpha value is -6.94. The number of hydrogen-bond acceptors (Lipinski definition) is 10. The normalized spacial score (nSPS) is 15.8. The number of amides is 4. The molecule has 0 bridgehead atoms. The van der Waals surface area contributed by atoms with Crippen molar-refractivity contribution in [2.24, 2.45) is 11.8 Å². The number of benzene rings is 4. The SMILES string of the molecule is COC[C@@H](C)CN(Cc1ncc(-c2ccc3c(c2)COc2cc4c(ccc5[nH]c([C@@H]6CCCN6C(=O)[C@H](NC(=O)OC)c6ccccc6)nc54)cc2-3)[nH]1)C(=O)[C@@H](NC(=O)OC)C(C)C. The van der Waals surface area contributed by atoms with Crippen molar-refractivity contribution in [3.05, 3.63) is 102 Å². The van der Waals surface area contributed by atoms with Gasteiger partial charge in [-0.3, -0.25) is 9.59 Å². The number of imidazole rings is 2. The molecule has 0 saturated carbocycles. The monoisotopic (exact) mass is 870 g/mol. The molecular formula is C48H54N8O8. The van der Waals surface area contributed by atoms with Crippen molar-refractivity contribution in [1.82, 2.24) is 40.4 Å². The van der Waals surface area contributed by atoms with Crippen LogP contribution >= 0.6 is 0 Å². The molecule has 4 amide bonds. The molecule has 0 unspecified atom stereocenters. The van der Waals surface area contributed by atoms with E-state index in [-0.39, 0.29) is 36.2 Å². The summed E-state index contributed by atoms with van der Waals surface area (Å²) in [6, 6.07) is 21.7. The zero-order valence-electron chi connectivity index (χ0n) is 36.9. The van der Waals surface area contributed by atoms with Crippen molar-refractivity contribution in [2.45, 2.75) is 64.9 Å². The number of alkyl carbamates (subject to hydrolysis) is 2. The highest BCUT2D eigenvalue weighted by Gasteiger charge is 2.37. The minimum atomic E-state index is -0.908. The maximum absolute atomic E-state index is 14.1. The van der Waals surface area contributed by atoms with Crippen molar-refractivity contribution in [3.8, 4) is 28.1 Å². The molecule has 0 spiro atoms. The van der Waals surface area contributed by atoms with Crippen LogP contribution in [-0.2, 0) is 37.0 Å². The molecule has 6 aromatic rings. The quantitative estimate of drug-likeness (QED) is 0.0857. The van der Waals surface area contributed by atoms with Crippen LogP contribution in [0.1, 0.15) is 68.5 Å². The average Bonchev–Trinajstić information content (AvgIpc) is 4.09. The highest BCUT2D eigenvalue weighted by molar-refractivity contribution is 6.07. The van der Waals surface area contributed by atoms with Gasteiger partial charge in [-0.1, -0.05) is 69.3 Å². The molecule has 4 heterocycles. The fourth-order valence-electron chi connectivity index (χ4n) is 8.83. The van der Waals surface area contributed by atoms with Gasteiger partial charge in [0.1, 0.15) is 36.1 Å². The molecule has 4 atom stereocenters. The Labute approximate surface area is 371 Å². The van der Waals surface area contributed by atoms with Gasteiger partial charge in [0.15, 0.2) is 0 Å². The number of methoxy groups -OCH3 is 3. The first-order chi connectivity index (χ1) is 31.0. The largest absolute Gasteiger partial charge is 0.488 e. The Morgan fingerprint density at radius 3 is 2.45 bits per heavy atom. The van der Waals surface area contributed by atoms with E-state index in [1.807, 2.05) is 63.2 Å². The summed E-state index contributed by atoms with van der Waals surface area (Å²) in [6.45, 7) is 7.72. The van der Waals surface area contributed by atoms with Gasteiger partial charge >= 0.3 is 12.2 Å². The minimum absolute atomic E-state index is 0.0377. The summed E-state index contributed by atoms with van der Waals surface area (Å²) >= 11 is 0. The fourth-order valence-corrected chi connectivity index (χ4v) is 8.83. The summed E-state index contributed by atoms with van der Waals surface area (Å²) < 4.78 is 21.5.